The fourth-order valence-corrected chi connectivity index (χ4v) is 3.21. The van der Waals surface area contributed by atoms with Crippen LogP contribution in [0.4, 0.5) is 5.69 Å². The monoisotopic (exact) mass is 289 g/mol. The highest BCUT2D eigenvalue weighted by Gasteiger charge is 2.35. The summed E-state index contributed by atoms with van der Waals surface area (Å²) >= 11 is 0. The Kier molecular flexibility index (Phi) is 4.62. The molecule has 1 aliphatic rings. The van der Waals surface area contributed by atoms with Gasteiger partial charge in [0, 0.05) is 30.9 Å². The van der Waals surface area contributed by atoms with Crippen molar-refractivity contribution in [3.8, 4) is 0 Å². The van der Waals surface area contributed by atoms with Crippen LogP contribution in [0.5, 0.6) is 0 Å². The van der Waals surface area contributed by atoms with E-state index in [4.69, 9.17) is 0 Å². The Hall–Kier alpha value is -1.09. The van der Waals surface area contributed by atoms with E-state index >= 15 is 0 Å². The number of anilines is 1. The number of hydrogen-bond donors (Lipinski definition) is 1. The van der Waals surface area contributed by atoms with Crippen LogP contribution in [-0.2, 0) is 0 Å². The van der Waals surface area contributed by atoms with Crippen LogP contribution in [0.1, 0.15) is 46.0 Å². The summed E-state index contributed by atoms with van der Waals surface area (Å²) < 4.78 is 0. The van der Waals surface area contributed by atoms with Crippen LogP contribution in [0, 0.1) is 25.2 Å². The van der Waals surface area contributed by atoms with Crippen LogP contribution in [0.2, 0.25) is 0 Å². The molecule has 21 heavy (non-hydrogen) atoms. The molecule has 118 valence electrons. The Bertz CT molecular complexity index is 488. The third kappa shape index (κ3) is 3.57. The minimum absolute atomic E-state index is 0.270. The lowest BCUT2D eigenvalue weighted by Crippen LogP contribution is -2.62. The highest BCUT2D eigenvalue weighted by molar-refractivity contribution is 5.52. The molecule has 0 aromatic carbocycles. The van der Waals surface area contributed by atoms with Gasteiger partial charge in [-0.15, -0.1) is 0 Å². The van der Waals surface area contributed by atoms with Crippen LogP contribution in [0.3, 0.4) is 0 Å². The summed E-state index contributed by atoms with van der Waals surface area (Å²) in [5, 5.41) is 3.76. The van der Waals surface area contributed by atoms with E-state index in [1.807, 2.05) is 0 Å². The number of piperazine rings is 1. The van der Waals surface area contributed by atoms with Crippen molar-refractivity contribution in [1.82, 2.24) is 10.3 Å². The van der Waals surface area contributed by atoms with Crippen LogP contribution in [0.15, 0.2) is 12.1 Å². The van der Waals surface area contributed by atoms with Crippen molar-refractivity contribution in [3.63, 3.8) is 0 Å². The van der Waals surface area contributed by atoms with Gasteiger partial charge in [-0.1, -0.05) is 34.6 Å². The first-order valence-electron chi connectivity index (χ1n) is 8.14. The molecule has 1 aliphatic heterocycles. The van der Waals surface area contributed by atoms with Crippen molar-refractivity contribution >= 4 is 5.69 Å². The van der Waals surface area contributed by atoms with Gasteiger partial charge in [-0.25, -0.2) is 0 Å². The van der Waals surface area contributed by atoms with Crippen molar-refractivity contribution < 1.29 is 0 Å². The fourth-order valence-electron chi connectivity index (χ4n) is 3.21. The van der Waals surface area contributed by atoms with Gasteiger partial charge in [0.25, 0.3) is 0 Å². The SMILES string of the molecule is Cc1ccc(N2CC(C(C)(C)C)NCC2C(C)C)c(C)n1. The molecule has 2 rings (SSSR count). The van der Waals surface area contributed by atoms with E-state index in [2.05, 4.69) is 75.8 Å². The van der Waals surface area contributed by atoms with Crippen LogP contribution in [0.25, 0.3) is 0 Å². The second-order valence-electron chi connectivity index (χ2n) is 7.85. The number of nitrogens with zero attached hydrogens (tertiary/aromatic N) is 2. The van der Waals surface area contributed by atoms with Gasteiger partial charge < -0.3 is 10.2 Å². The Morgan fingerprint density at radius 3 is 2.43 bits per heavy atom. The average Bonchev–Trinajstić information content (AvgIpc) is 2.37. The van der Waals surface area contributed by atoms with Gasteiger partial charge in [0.05, 0.1) is 11.4 Å². The maximum absolute atomic E-state index is 4.67. The van der Waals surface area contributed by atoms with Gasteiger partial charge in [0.2, 0.25) is 0 Å². The van der Waals surface area contributed by atoms with Crippen LogP contribution in [-0.4, -0.2) is 30.2 Å². The summed E-state index contributed by atoms with van der Waals surface area (Å²) in [6.07, 6.45) is 0. The second-order valence-corrected chi connectivity index (χ2v) is 7.85. The van der Waals surface area contributed by atoms with Crippen molar-refractivity contribution in [2.45, 2.75) is 60.5 Å². The molecule has 1 aromatic rings. The largest absolute Gasteiger partial charge is 0.364 e. The molecule has 2 heterocycles. The zero-order valence-corrected chi connectivity index (χ0v) is 14.7. The minimum Gasteiger partial charge on any atom is -0.364 e. The molecule has 1 fully saturated rings. The van der Waals surface area contributed by atoms with Gasteiger partial charge in [0.1, 0.15) is 0 Å². The standard InChI is InChI=1S/C18H31N3/c1-12(2)16-10-19-17(18(5,6)7)11-21(16)15-9-8-13(3)20-14(15)4/h8-9,12,16-17,19H,10-11H2,1-7H3. The molecule has 3 heteroatoms. The lowest BCUT2D eigenvalue weighted by atomic mass is 9.83. The predicted molar refractivity (Wildman–Crippen MR) is 90.9 cm³/mol. The first-order chi connectivity index (χ1) is 9.70. The van der Waals surface area contributed by atoms with Gasteiger partial charge in [0.15, 0.2) is 0 Å². The smallest absolute Gasteiger partial charge is 0.0609 e. The molecular weight excluding hydrogens is 258 g/mol. The summed E-state index contributed by atoms with van der Waals surface area (Å²) in [5.41, 5.74) is 3.82. The summed E-state index contributed by atoms with van der Waals surface area (Å²) in [6.45, 7) is 17.9. The van der Waals surface area contributed by atoms with E-state index in [-0.39, 0.29) is 5.41 Å². The van der Waals surface area contributed by atoms with Crippen molar-refractivity contribution in [3.05, 3.63) is 23.5 Å². The minimum atomic E-state index is 0.270. The van der Waals surface area contributed by atoms with E-state index in [1.165, 1.54) is 5.69 Å². The molecule has 0 amide bonds. The quantitative estimate of drug-likeness (QED) is 0.902. The second kappa shape index (κ2) is 5.96. The maximum Gasteiger partial charge on any atom is 0.0609 e. The number of rotatable bonds is 2. The van der Waals surface area contributed by atoms with Crippen LogP contribution < -0.4 is 10.2 Å². The summed E-state index contributed by atoms with van der Waals surface area (Å²) in [4.78, 5) is 7.25. The molecular formula is C18H31N3. The lowest BCUT2D eigenvalue weighted by Gasteiger charge is -2.48. The molecule has 2 atom stereocenters. The first kappa shape index (κ1) is 16.3. The third-order valence-electron chi connectivity index (χ3n) is 4.67. The number of aromatic nitrogens is 1. The molecule has 0 saturated carbocycles. The van der Waals surface area contributed by atoms with Gasteiger partial charge >= 0.3 is 0 Å². The molecule has 3 nitrogen and oxygen atoms in total. The number of nitrogens with one attached hydrogen (secondary N) is 1. The Morgan fingerprint density at radius 2 is 1.90 bits per heavy atom. The molecule has 0 bridgehead atoms. The lowest BCUT2D eigenvalue weighted by molar-refractivity contribution is 0.220. The average molecular weight is 289 g/mol. The predicted octanol–water partition coefficient (Wildman–Crippen LogP) is 3.55. The van der Waals surface area contributed by atoms with E-state index in [0.717, 1.165) is 24.5 Å². The molecule has 1 saturated heterocycles. The van der Waals surface area contributed by atoms with E-state index in [9.17, 15) is 0 Å². The van der Waals surface area contributed by atoms with Gasteiger partial charge in [-0.05, 0) is 37.3 Å². The molecule has 0 spiro atoms. The van der Waals surface area contributed by atoms with E-state index < -0.39 is 0 Å². The summed E-state index contributed by atoms with van der Waals surface area (Å²) in [6, 6.07) is 5.42. The van der Waals surface area contributed by atoms with Crippen molar-refractivity contribution in [1.29, 1.82) is 0 Å². The highest BCUT2D eigenvalue weighted by Crippen LogP contribution is 2.30. The number of aryl methyl sites for hydroxylation is 2. The Morgan fingerprint density at radius 1 is 1.24 bits per heavy atom. The summed E-state index contributed by atoms with van der Waals surface area (Å²) in [7, 11) is 0. The maximum atomic E-state index is 4.67. The van der Waals surface area contributed by atoms with Crippen molar-refractivity contribution in [2.75, 3.05) is 18.0 Å². The Balaban J connectivity index is 2.34. The zero-order valence-electron chi connectivity index (χ0n) is 14.7. The van der Waals surface area contributed by atoms with E-state index in [1.54, 1.807) is 0 Å². The normalized spacial score (nSPS) is 23.7. The first-order valence-corrected chi connectivity index (χ1v) is 8.14. The zero-order chi connectivity index (χ0) is 15.8. The molecule has 1 N–H and O–H groups in total. The highest BCUT2D eigenvalue weighted by atomic mass is 15.2. The number of hydrogen-bond acceptors (Lipinski definition) is 3. The van der Waals surface area contributed by atoms with E-state index in [0.29, 0.717) is 18.0 Å². The van der Waals surface area contributed by atoms with Crippen LogP contribution >= 0.6 is 0 Å². The van der Waals surface area contributed by atoms with Crippen molar-refractivity contribution in [2.24, 2.45) is 11.3 Å². The molecule has 1 aromatic heterocycles. The fraction of sp³-hybridized carbons (Fsp3) is 0.722. The van der Waals surface area contributed by atoms with Gasteiger partial charge in [-0.2, -0.15) is 0 Å². The molecule has 2 unspecified atom stereocenters. The van der Waals surface area contributed by atoms with Gasteiger partial charge in [-0.3, -0.25) is 4.98 Å². The summed E-state index contributed by atoms with van der Waals surface area (Å²) in [5.74, 6) is 0.624. The third-order valence-corrected chi connectivity index (χ3v) is 4.67. The number of pyridine rings is 1. The topological polar surface area (TPSA) is 28.2 Å². The Labute approximate surface area is 130 Å². The molecule has 0 aliphatic carbocycles. The molecule has 0 radical (unpaired) electrons.